The molecule has 38 heavy (non-hydrogen) atoms. The minimum atomic E-state index is -0.605. The SMILES string of the molecule is CCCOC(=O)c1ccc(NC(=O)COC(=O)CCCC(=O)Nc2ccc(C(=O)OCC(C)C)cc2)cc1. The largest absolute Gasteiger partial charge is 0.462 e. The number of amides is 2. The molecule has 2 amide bonds. The summed E-state index contributed by atoms with van der Waals surface area (Å²) in [5.74, 6) is -2.07. The lowest BCUT2D eigenvalue weighted by atomic mass is 10.2. The summed E-state index contributed by atoms with van der Waals surface area (Å²) in [4.78, 5) is 59.8. The summed E-state index contributed by atoms with van der Waals surface area (Å²) < 4.78 is 15.2. The second-order valence-electron chi connectivity index (χ2n) is 8.89. The number of esters is 3. The van der Waals surface area contributed by atoms with Crippen LogP contribution in [-0.2, 0) is 28.6 Å². The lowest BCUT2D eigenvalue weighted by molar-refractivity contribution is -0.147. The Balaban J connectivity index is 1.64. The molecule has 0 bridgehead atoms. The standard InChI is InChI=1S/C28H34N2O8/c1-4-16-36-27(34)20-8-14-23(15-9-20)30-25(32)18-37-26(33)7-5-6-24(31)29-22-12-10-21(11-13-22)28(35)38-17-19(2)3/h8-15,19H,4-7,16-18H2,1-3H3,(H,29,31)(H,30,32). The molecule has 0 spiro atoms. The summed E-state index contributed by atoms with van der Waals surface area (Å²) in [5, 5.41) is 5.26. The van der Waals surface area contributed by atoms with Crippen LogP contribution in [0, 0.1) is 5.92 Å². The molecule has 0 heterocycles. The van der Waals surface area contributed by atoms with E-state index in [0.29, 0.717) is 35.7 Å². The van der Waals surface area contributed by atoms with Crippen LogP contribution in [0.25, 0.3) is 0 Å². The van der Waals surface area contributed by atoms with Gasteiger partial charge in [-0.15, -0.1) is 0 Å². The molecule has 0 aliphatic carbocycles. The van der Waals surface area contributed by atoms with Gasteiger partial charge in [-0.1, -0.05) is 20.8 Å². The highest BCUT2D eigenvalue weighted by Crippen LogP contribution is 2.13. The van der Waals surface area contributed by atoms with Crippen LogP contribution in [0.4, 0.5) is 11.4 Å². The number of anilines is 2. The van der Waals surface area contributed by atoms with E-state index in [1.165, 1.54) is 12.1 Å². The number of hydrogen-bond acceptors (Lipinski definition) is 8. The zero-order valence-corrected chi connectivity index (χ0v) is 21.9. The molecule has 10 nitrogen and oxygen atoms in total. The van der Waals surface area contributed by atoms with E-state index in [-0.39, 0.29) is 31.1 Å². The van der Waals surface area contributed by atoms with Gasteiger partial charge in [0.2, 0.25) is 5.91 Å². The highest BCUT2D eigenvalue weighted by atomic mass is 16.5. The Hall–Kier alpha value is -4.21. The smallest absolute Gasteiger partial charge is 0.338 e. The summed E-state index contributed by atoms with van der Waals surface area (Å²) in [7, 11) is 0. The van der Waals surface area contributed by atoms with Crippen molar-refractivity contribution < 1.29 is 38.2 Å². The summed E-state index contributed by atoms with van der Waals surface area (Å²) in [6, 6.07) is 12.5. The second kappa shape index (κ2) is 15.8. The van der Waals surface area contributed by atoms with E-state index in [4.69, 9.17) is 14.2 Å². The molecule has 0 radical (unpaired) electrons. The molecule has 0 aliphatic heterocycles. The van der Waals surface area contributed by atoms with Gasteiger partial charge in [0.15, 0.2) is 6.61 Å². The van der Waals surface area contributed by atoms with Crippen molar-refractivity contribution in [2.24, 2.45) is 5.92 Å². The van der Waals surface area contributed by atoms with Gasteiger partial charge in [-0.05, 0) is 67.3 Å². The van der Waals surface area contributed by atoms with Crippen molar-refractivity contribution in [1.29, 1.82) is 0 Å². The molecule has 0 saturated carbocycles. The normalized spacial score (nSPS) is 10.4. The Bertz CT molecular complexity index is 1090. The van der Waals surface area contributed by atoms with E-state index in [0.717, 1.165) is 6.42 Å². The van der Waals surface area contributed by atoms with Crippen molar-refractivity contribution in [1.82, 2.24) is 0 Å². The first-order chi connectivity index (χ1) is 18.2. The molecule has 2 aromatic carbocycles. The zero-order chi connectivity index (χ0) is 27.9. The zero-order valence-electron chi connectivity index (χ0n) is 21.9. The third kappa shape index (κ3) is 11.2. The van der Waals surface area contributed by atoms with Gasteiger partial charge in [-0.3, -0.25) is 14.4 Å². The van der Waals surface area contributed by atoms with Gasteiger partial charge in [-0.25, -0.2) is 9.59 Å². The highest BCUT2D eigenvalue weighted by Gasteiger charge is 2.12. The van der Waals surface area contributed by atoms with E-state index >= 15 is 0 Å². The van der Waals surface area contributed by atoms with Crippen LogP contribution in [0.15, 0.2) is 48.5 Å². The minimum absolute atomic E-state index is 0.0318. The lowest BCUT2D eigenvalue weighted by Crippen LogP contribution is -2.21. The molecule has 0 fully saturated rings. The average molecular weight is 527 g/mol. The van der Waals surface area contributed by atoms with Gasteiger partial charge in [0.1, 0.15) is 0 Å². The van der Waals surface area contributed by atoms with Crippen LogP contribution in [0.1, 0.15) is 67.2 Å². The van der Waals surface area contributed by atoms with Crippen LogP contribution < -0.4 is 10.6 Å². The quantitative estimate of drug-likeness (QED) is 0.274. The fraction of sp³-hybridized carbons (Fsp3) is 0.393. The summed E-state index contributed by atoms with van der Waals surface area (Å²) in [5.41, 5.74) is 1.71. The van der Waals surface area contributed by atoms with Crippen molar-refractivity contribution in [3.63, 3.8) is 0 Å². The van der Waals surface area contributed by atoms with E-state index in [9.17, 15) is 24.0 Å². The maximum atomic E-state index is 12.1. The fourth-order valence-corrected chi connectivity index (χ4v) is 3.02. The van der Waals surface area contributed by atoms with Crippen molar-refractivity contribution in [2.45, 2.75) is 46.5 Å². The minimum Gasteiger partial charge on any atom is -0.462 e. The molecular weight excluding hydrogens is 492 g/mol. The monoisotopic (exact) mass is 526 g/mol. The molecule has 2 aromatic rings. The van der Waals surface area contributed by atoms with Gasteiger partial charge >= 0.3 is 17.9 Å². The van der Waals surface area contributed by atoms with E-state index in [1.54, 1.807) is 36.4 Å². The molecule has 0 saturated heterocycles. The van der Waals surface area contributed by atoms with Gasteiger partial charge in [-0.2, -0.15) is 0 Å². The van der Waals surface area contributed by atoms with E-state index in [1.807, 2.05) is 20.8 Å². The number of carbonyl (C=O) groups excluding carboxylic acids is 5. The van der Waals surface area contributed by atoms with Gasteiger partial charge in [0.05, 0.1) is 24.3 Å². The summed E-state index contributed by atoms with van der Waals surface area (Å²) >= 11 is 0. The maximum Gasteiger partial charge on any atom is 0.338 e. The highest BCUT2D eigenvalue weighted by molar-refractivity contribution is 5.95. The van der Waals surface area contributed by atoms with Gasteiger partial charge in [0, 0.05) is 24.2 Å². The predicted molar refractivity (Wildman–Crippen MR) is 141 cm³/mol. The van der Waals surface area contributed by atoms with Crippen molar-refractivity contribution in [2.75, 3.05) is 30.5 Å². The predicted octanol–water partition coefficient (Wildman–Crippen LogP) is 4.36. The van der Waals surface area contributed by atoms with Gasteiger partial charge in [0.25, 0.3) is 5.91 Å². The number of nitrogens with one attached hydrogen (secondary N) is 2. The van der Waals surface area contributed by atoms with Crippen LogP contribution in [0.3, 0.4) is 0 Å². The number of carbonyl (C=O) groups is 5. The Morgan fingerprint density at radius 1 is 0.711 bits per heavy atom. The molecule has 0 aliphatic rings. The Labute approximate surface area is 222 Å². The Kier molecular flexibility index (Phi) is 12.5. The third-order valence-electron chi connectivity index (χ3n) is 4.94. The van der Waals surface area contributed by atoms with E-state index < -0.39 is 30.4 Å². The number of benzene rings is 2. The van der Waals surface area contributed by atoms with Crippen LogP contribution in [-0.4, -0.2) is 49.5 Å². The first kappa shape index (κ1) is 30.0. The molecule has 10 heteroatoms. The van der Waals surface area contributed by atoms with Crippen molar-refractivity contribution in [3.05, 3.63) is 59.7 Å². The van der Waals surface area contributed by atoms with Crippen molar-refractivity contribution in [3.8, 4) is 0 Å². The van der Waals surface area contributed by atoms with Crippen LogP contribution in [0.2, 0.25) is 0 Å². The first-order valence-corrected chi connectivity index (χ1v) is 12.5. The topological polar surface area (TPSA) is 137 Å². The summed E-state index contributed by atoms with van der Waals surface area (Å²) in [6.45, 7) is 5.97. The Morgan fingerprint density at radius 3 is 1.76 bits per heavy atom. The number of hydrogen-bond donors (Lipinski definition) is 2. The molecule has 2 N–H and O–H groups in total. The fourth-order valence-electron chi connectivity index (χ4n) is 3.02. The van der Waals surface area contributed by atoms with Gasteiger partial charge < -0.3 is 24.8 Å². The summed E-state index contributed by atoms with van der Waals surface area (Å²) in [6.07, 6.45) is 1.00. The lowest BCUT2D eigenvalue weighted by Gasteiger charge is -2.09. The molecule has 204 valence electrons. The number of rotatable bonds is 14. The molecule has 0 atom stereocenters. The first-order valence-electron chi connectivity index (χ1n) is 12.5. The third-order valence-corrected chi connectivity index (χ3v) is 4.94. The molecule has 0 unspecified atom stereocenters. The van der Waals surface area contributed by atoms with Crippen LogP contribution >= 0.6 is 0 Å². The molecule has 0 aromatic heterocycles. The molecule has 2 rings (SSSR count). The van der Waals surface area contributed by atoms with Crippen molar-refractivity contribution >= 4 is 41.1 Å². The molecular formula is C28H34N2O8. The number of ether oxygens (including phenoxy) is 3. The maximum absolute atomic E-state index is 12.1. The van der Waals surface area contributed by atoms with Crippen LogP contribution in [0.5, 0.6) is 0 Å². The average Bonchev–Trinajstić information content (AvgIpc) is 2.90. The van der Waals surface area contributed by atoms with E-state index in [2.05, 4.69) is 10.6 Å². The second-order valence-corrected chi connectivity index (χ2v) is 8.89. The Morgan fingerprint density at radius 2 is 1.24 bits per heavy atom.